The van der Waals surface area contributed by atoms with Gasteiger partial charge in [-0.15, -0.1) is 0 Å². The summed E-state index contributed by atoms with van der Waals surface area (Å²) in [5, 5.41) is 0. The van der Waals surface area contributed by atoms with Gasteiger partial charge in [0.15, 0.2) is 0 Å². The lowest BCUT2D eigenvalue weighted by Crippen LogP contribution is -2.23. The van der Waals surface area contributed by atoms with Crippen molar-refractivity contribution >= 4 is 10.1 Å². The second-order valence-electron chi connectivity index (χ2n) is 5.12. The minimum absolute atomic E-state index is 0.0781. The van der Waals surface area contributed by atoms with E-state index in [2.05, 4.69) is 0 Å². The predicted octanol–water partition coefficient (Wildman–Crippen LogP) is 2.69. The average molecular weight is 320 g/mol. The predicted molar refractivity (Wildman–Crippen MR) is 81.2 cm³/mol. The Kier molecular flexibility index (Phi) is 4.26. The Morgan fingerprint density at radius 1 is 0.955 bits per heavy atom. The summed E-state index contributed by atoms with van der Waals surface area (Å²) in [6, 6.07) is 14.0. The first-order valence-corrected chi connectivity index (χ1v) is 8.32. The highest BCUT2D eigenvalue weighted by Crippen LogP contribution is 2.36. The molecule has 1 aliphatic heterocycles. The van der Waals surface area contributed by atoms with E-state index in [1.807, 2.05) is 36.4 Å². The molecule has 0 aliphatic carbocycles. The Labute approximate surface area is 129 Å². The van der Waals surface area contributed by atoms with Gasteiger partial charge in [-0.1, -0.05) is 42.5 Å². The summed E-state index contributed by atoms with van der Waals surface area (Å²) < 4.78 is 43.7. The Bertz CT molecular complexity index is 749. The monoisotopic (exact) mass is 320 g/mol. The third-order valence-electron chi connectivity index (χ3n) is 3.64. The van der Waals surface area contributed by atoms with E-state index in [0.29, 0.717) is 18.8 Å². The maximum Gasteiger partial charge on any atom is 0.295 e. The topological polar surface area (TPSA) is 72.8 Å². The van der Waals surface area contributed by atoms with Crippen molar-refractivity contribution in [1.82, 2.24) is 0 Å². The van der Waals surface area contributed by atoms with Crippen LogP contribution in [0, 0.1) is 0 Å². The molecule has 116 valence electrons. The highest BCUT2D eigenvalue weighted by atomic mass is 32.2. The lowest BCUT2D eigenvalue weighted by Gasteiger charge is -2.25. The van der Waals surface area contributed by atoms with Crippen LogP contribution in [0.3, 0.4) is 0 Å². The van der Waals surface area contributed by atoms with E-state index in [9.17, 15) is 13.0 Å². The molecule has 0 atom stereocenters. The van der Waals surface area contributed by atoms with Crippen molar-refractivity contribution in [3.63, 3.8) is 0 Å². The molecule has 1 N–H and O–H groups in total. The SMILES string of the molecule is O=S(=O)(O)c1cccc(C2COCOC2)c1-c1ccccc1. The molecule has 2 aromatic carbocycles. The van der Waals surface area contributed by atoms with Crippen LogP contribution in [0.1, 0.15) is 11.5 Å². The first-order chi connectivity index (χ1) is 10.6. The van der Waals surface area contributed by atoms with Gasteiger partial charge in [-0.05, 0) is 17.2 Å². The second-order valence-corrected chi connectivity index (χ2v) is 6.51. The smallest absolute Gasteiger partial charge is 0.295 e. The third-order valence-corrected chi connectivity index (χ3v) is 4.54. The van der Waals surface area contributed by atoms with E-state index in [1.165, 1.54) is 6.07 Å². The summed E-state index contributed by atoms with van der Waals surface area (Å²) >= 11 is 0. The Morgan fingerprint density at radius 2 is 1.64 bits per heavy atom. The lowest BCUT2D eigenvalue weighted by atomic mass is 9.91. The van der Waals surface area contributed by atoms with Crippen molar-refractivity contribution in [3.05, 3.63) is 54.1 Å². The van der Waals surface area contributed by atoms with Gasteiger partial charge in [0, 0.05) is 11.5 Å². The molecule has 5 nitrogen and oxygen atoms in total. The van der Waals surface area contributed by atoms with E-state index in [-0.39, 0.29) is 17.6 Å². The molecule has 0 amide bonds. The van der Waals surface area contributed by atoms with Crippen LogP contribution in [0.15, 0.2) is 53.4 Å². The maximum atomic E-state index is 11.8. The van der Waals surface area contributed by atoms with Gasteiger partial charge < -0.3 is 9.47 Å². The first kappa shape index (κ1) is 15.2. The van der Waals surface area contributed by atoms with E-state index in [4.69, 9.17) is 9.47 Å². The zero-order valence-corrected chi connectivity index (χ0v) is 12.6. The molecule has 0 spiro atoms. The molecule has 1 aliphatic rings. The fourth-order valence-electron chi connectivity index (χ4n) is 2.68. The van der Waals surface area contributed by atoms with Crippen molar-refractivity contribution in [1.29, 1.82) is 0 Å². The van der Waals surface area contributed by atoms with Crippen LogP contribution in [0.5, 0.6) is 0 Å². The molecule has 0 aromatic heterocycles. The quantitative estimate of drug-likeness (QED) is 0.880. The van der Waals surface area contributed by atoms with E-state index in [0.717, 1.165) is 11.1 Å². The van der Waals surface area contributed by atoms with Gasteiger partial charge in [-0.2, -0.15) is 8.42 Å². The lowest BCUT2D eigenvalue weighted by molar-refractivity contribution is -0.108. The standard InChI is InChI=1S/C16H16O5S/c17-22(18,19)15-8-4-7-14(13-9-20-11-21-10-13)16(15)12-5-2-1-3-6-12/h1-8,13H,9-11H2,(H,17,18,19). The minimum Gasteiger partial charge on any atom is -0.355 e. The van der Waals surface area contributed by atoms with Gasteiger partial charge in [-0.3, -0.25) is 4.55 Å². The minimum atomic E-state index is -4.32. The van der Waals surface area contributed by atoms with Crippen LogP contribution in [0.25, 0.3) is 11.1 Å². The zero-order valence-electron chi connectivity index (χ0n) is 11.8. The van der Waals surface area contributed by atoms with Gasteiger partial charge in [-0.25, -0.2) is 0 Å². The largest absolute Gasteiger partial charge is 0.355 e. The molecule has 0 saturated carbocycles. The molecule has 22 heavy (non-hydrogen) atoms. The molecule has 0 radical (unpaired) electrons. The highest BCUT2D eigenvalue weighted by molar-refractivity contribution is 7.86. The molecule has 1 fully saturated rings. The summed E-state index contributed by atoms with van der Waals surface area (Å²) in [6.07, 6.45) is 0. The average Bonchev–Trinajstić information content (AvgIpc) is 2.55. The Hall–Kier alpha value is -1.73. The van der Waals surface area contributed by atoms with Gasteiger partial charge in [0.25, 0.3) is 10.1 Å². The number of hydrogen-bond acceptors (Lipinski definition) is 4. The van der Waals surface area contributed by atoms with Crippen LogP contribution < -0.4 is 0 Å². The van der Waals surface area contributed by atoms with Gasteiger partial charge in [0.2, 0.25) is 0 Å². The van der Waals surface area contributed by atoms with E-state index < -0.39 is 10.1 Å². The molecule has 0 unspecified atom stereocenters. The summed E-state index contributed by atoms with van der Waals surface area (Å²) in [4.78, 5) is -0.0956. The normalized spacial score (nSPS) is 16.6. The molecular weight excluding hydrogens is 304 g/mol. The number of ether oxygens (including phenoxy) is 2. The van der Waals surface area contributed by atoms with E-state index >= 15 is 0 Å². The molecule has 2 aromatic rings. The number of hydrogen-bond donors (Lipinski definition) is 1. The summed E-state index contributed by atoms with van der Waals surface area (Å²) in [5.74, 6) is -0.0781. The third kappa shape index (κ3) is 3.05. The molecule has 1 heterocycles. The van der Waals surface area contributed by atoms with Gasteiger partial charge >= 0.3 is 0 Å². The van der Waals surface area contributed by atoms with Crippen LogP contribution in [-0.2, 0) is 19.6 Å². The number of benzene rings is 2. The van der Waals surface area contributed by atoms with E-state index in [1.54, 1.807) is 6.07 Å². The Balaban J connectivity index is 2.22. The maximum absolute atomic E-state index is 11.8. The first-order valence-electron chi connectivity index (χ1n) is 6.88. The second kappa shape index (κ2) is 6.18. The van der Waals surface area contributed by atoms with Crippen molar-refractivity contribution in [2.24, 2.45) is 0 Å². The molecule has 6 heteroatoms. The van der Waals surface area contributed by atoms with Crippen molar-refractivity contribution in [2.75, 3.05) is 20.0 Å². The fourth-order valence-corrected chi connectivity index (χ4v) is 3.43. The Morgan fingerprint density at radius 3 is 2.27 bits per heavy atom. The van der Waals surface area contributed by atoms with Crippen molar-refractivity contribution in [3.8, 4) is 11.1 Å². The summed E-state index contributed by atoms with van der Waals surface area (Å²) in [6.45, 7) is 1.15. The molecule has 3 rings (SSSR count). The molecule has 1 saturated heterocycles. The summed E-state index contributed by atoms with van der Waals surface area (Å²) in [5.41, 5.74) is 2.03. The highest BCUT2D eigenvalue weighted by Gasteiger charge is 2.25. The van der Waals surface area contributed by atoms with Crippen molar-refractivity contribution < 1.29 is 22.4 Å². The number of rotatable bonds is 3. The van der Waals surface area contributed by atoms with Crippen LogP contribution in [0.4, 0.5) is 0 Å². The van der Waals surface area contributed by atoms with Crippen LogP contribution in [-0.4, -0.2) is 33.0 Å². The molecule has 0 bridgehead atoms. The van der Waals surface area contributed by atoms with Crippen molar-refractivity contribution in [2.45, 2.75) is 10.8 Å². The zero-order chi connectivity index (χ0) is 15.6. The summed E-state index contributed by atoms with van der Waals surface area (Å²) in [7, 11) is -4.32. The fraction of sp³-hybridized carbons (Fsp3) is 0.250. The molecular formula is C16H16O5S. The van der Waals surface area contributed by atoms with Crippen LogP contribution >= 0.6 is 0 Å². The van der Waals surface area contributed by atoms with Gasteiger partial charge in [0.1, 0.15) is 11.7 Å². The van der Waals surface area contributed by atoms with Crippen LogP contribution in [0.2, 0.25) is 0 Å². The van der Waals surface area contributed by atoms with Gasteiger partial charge in [0.05, 0.1) is 13.2 Å².